The van der Waals surface area contributed by atoms with Crippen LogP contribution in [0, 0.1) is 5.82 Å². The van der Waals surface area contributed by atoms with Gasteiger partial charge in [0.05, 0.1) is 17.7 Å². The molecule has 0 radical (unpaired) electrons. The van der Waals surface area contributed by atoms with Crippen LogP contribution in [0.15, 0.2) is 83.8 Å². The molecule has 1 atom stereocenters. The fourth-order valence-corrected chi connectivity index (χ4v) is 5.04. The van der Waals surface area contributed by atoms with Crippen molar-refractivity contribution in [1.82, 2.24) is 10.2 Å². The first-order chi connectivity index (χ1) is 17.2. The maximum Gasteiger partial charge on any atom is 0.264 e. The van der Waals surface area contributed by atoms with E-state index in [1.54, 1.807) is 42.5 Å². The van der Waals surface area contributed by atoms with Gasteiger partial charge in [-0.25, -0.2) is 12.8 Å². The zero-order valence-corrected chi connectivity index (χ0v) is 21.0. The van der Waals surface area contributed by atoms with Crippen molar-refractivity contribution < 1.29 is 27.1 Å². The molecule has 0 fully saturated rings. The van der Waals surface area contributed by atoms with Crippen molar-refractivity contribution in [2.45, 2.75) is 24.4 Å². The predicted octanol–water partition coefficient (Wildman–Crippen LogP) is 3.19. The Kier molecular flexibility index (Phi) is 8.65. The number of benzene rings is 3. The van der Waals surface area contributed by atoms with Crippen LogP contribution in [0.4, 0.5) is 10.1 Å². The van der Waals surface area contributed by atoms with Gasteiger partial charge in [0.1, 0.15) is 24.2 Å². The average molecular weight is 514 g/mol. The molecular weight excluding hydrogens is 485 g/mol. The van der Waals surface area contributed by atoms with Crippen molar-refractivity contribution >= 4 is 27.5 Å². The van der Waals surface area contributed by atoms with Gasteiger partial charge in [0.2, 0.25) is 11.8 Å². The van der Waals surface area contributed by atoms with Crippen molar-refractivity contribution in [2.75, 3.05) is 25.0 Å². The normalized spacial score (nSPS) is 11.9. The number of likely N-dealkylation sites (N-methyl/N-ethyl adjacent to an activating group) is 1. The van der Waals surface area contributed by atoms with E-state index in [0.717, 1.165) is 9.21 Å². The summed E-state index contributed by atoms with van der Waals surface area (Å²) >= 11 is 0. The molecule has 2 amide bonds. The molecule has 8 nitrogen and oxygen atoms in total. The Morgan fingerprint density at radius 1 is 1.00 bits per heavy atom. The summed E-state index contributed by atoms with van der Waals surface area (Å²) in [6.45, 7) is 0.650. The highest BCUT2D eigenvalue weighted by Gasteiger charge is 2.32. The first-order valence-corrected chi connectivity index (χ1v) is 12.6. The van der Waals surface area contributed by atoms with Crippen LogP contribution in [0.25, 0.3) is 0 Å². The number of hydrogen-bond donors (Lipinski definition) is 1. The highest BCUT2D eigenvalue weighted by Crippen LogP contribution is 2.27. The van der Waals surface area contributed by atoms with E-state index in [-0.39, 0.29) is 22.7 Å². The van der Waals surface area contributed by atoms with E-state index in [0.29, 0.717) is 5.75 Å². The summed E-state index contributed by atoms with van der Waals surface area (Å²) in [6.07, 6.45) is 0. The smallest absolute Gasteiger partial charge is 0.264 e. The number of amides is 2. The molecule has 0 heterocycles. The highest BCUT2D eigenvalue weighted by atomic mass is 32.2. The zero-order chi connectivity index (χ0) is 26.3. The minimum atomic E-state index is -4.18. The molecule has 3 aromatic carbocycles. The molecule has 36 heavy (non-hydrogen) atoms. The van der Waals surface area contributed by atoms with Crippen LogP contribution >= 0.6 is 0 Å². The fraction of sp³-hybridized carbons (Fsp3) is 0.231. The summed E-state index contributed by atoms with van der Waals surface area (Å²) in [5.74, 6) is -1.30. The Morgan fingerprint density at radius 2 is 1.67 bits per heavy atom. The second kappa shape index (κ2) is 11.7. The monoisotopic (exact) mass is 513 g/mol. The van der Waals surface area contributed by atoms with Gasteiger partial charge >= 0.3 is 0 Å². The van der Waals surface area contributed by atoms with Gasteiger partial charge in [0.25, 0.3) is 10.0 Å². The zero-order valence-electron chi connectivity index (χ0n) is 20.2. The van der Waals surface area contributed by atoms with Crippen LogP contribution in [0.1, 0.15) is 12.5 Å². The predicted molar refractivity (Wildman–Crippen MR) is 134 cm³/mol. The highest BCUT2D eigenvalue weighted by molar-refractivity contribution is 7.92. The quantitative estimate of drug-likeness (QED) is 0.449. The van der Waals surface area contributed by atoms with E-state index in [2.05, 4.69) is 5.32 Å². The van der Waals surface area contributed by atoms with Crippen LogP contribution < -0.4 is 14.4 Å². The first kappa shape index (κ1) is 26.7. The minimum absolute atomic E-state index is 0.0133. The molecule has 0 bridgehead atoms. The maximum atomic E-state index is 14.4. The van der Waals surface area contributed by atoms with E-state index in [1.807, 2.05) is 0 Å². The molecule has 0 unspecified atom stereocenters. The minimum Gasteiger partial charge on any atom is -0.497 e. The van der Waals surface area contributed by atoms with Crippen molar-refractivity contribution in [2.24, 2.45) is 0 Å². The number of sulfonamides is 1. The molecule has 3 rings (SSSR count). The Hall–Kier alpha value is -3.92. The largest absolute Gasteiger partial charge is 0.497 e. The van der Waals surface area contributed by atoms with E-state index < -0.39 is 40.2 Å². The number of anilines is 1. The second-order valence-electron chi connectivity index (χ2n) is 7.93. The molecule has 0 spiro atoms. The third-order valence-corrected chi connectivity index (χ3v) is 7.45. The summed E-state index contributed by atoms with van der Waals surface area (Å²) in [6, 6.07) is 18.9. The summed E-state index contributed by atoms with van der Waals surface area (Å²) in [5.41, 5.74) is 0.394. The van der Waals surface area contributed by atoms with Gasteiger partial charge in [-0.05, 0) is 37.3 Å². The Balaban J connectivity index is 2.05. The first-order valence-electron chi connectivity index (χ1n) is 11.2. The van der Waals surface area contributed by atoms with Crippen molar-refractivity contribution in [1.29, 1.82) is 0 Å². The third-order valence-electron chi connectivity index (χ3n) is 5.66. The number of carbonyl (C=O) groups is 2. The third kappa shape index (κ3) is 6.01. The summed E-state index contributed by atoms with van der Waals surface area (Å²) in [4.78, 5) is 27.2. The lowest BCUT2D eigenvalue weighted by molar-refractivity contribution is -0.139. The Morgan fingerprint density at radius 3 is 2.31 bits per heavy atom. The topological polar surface area (TPSA) is 96.0 Å². The molecule has 3 aromatic rings. The van der Waals surface area contributed by atoms with Crippen molar-refractivity contribution in [3.05, 3.63) is 90.2 Å². The van der Waals surface area contributed by atoms with Gasteiger partial charge in [0.15, 0.2) is 0 Å². The molecule has 1 N–H and O–H groups in total. The van der Waals surface area contributed by atoms with Gasteiger partial charge in [-0.2, -0.15) is 0 Å². The van der Waals surface area contributed by atoms with Crippen LogP contribution in [0.2, 0.25) is 0 Å². The Labute approximate surface area is 210 Å². The molecule has 10 heteroatoms. The number of nitrogens with one attached hydrogen (secondary N) is 1. The Bertz CT molecular complexity index is 1320. The molecule has 190 valence electrons. The van der Waals surface area contributed by atoms with Crippen LogP contribution in [0.5, 0.6) is 5.75 Å². The van der Waals surface area contributed by atoms with E-state index >= 15 is 0 Å². The molecule has 0 aliphatic heterocycles. The summed E-state index contributed by atoms with van der Waals surface area (Å²) in [5, 5.41) is 2.48. The lowest BCUT2D eigenvalue weighted by atomic mass is 10.1. The second-order valence-corrected chi connectivity index (χ2v) is 9.79. The van der Waals surface area contributed by atoms with Crippen LogP contribution in [-0.4, -0.2) is 51.9 Å². The van der Waals surface area contributed by atoms with E-state index in [9.17, 15) is 22.4 Å². The van der Waals surface area contributed by atoms with E-state index in [1.165, 1.54) is 57.5 Å². The van der Waals surface area contributed by atoms with Gasteiger partial charge in [0, 0.05) is 25.2 Å². The molecule has 0 aliphatic carbocycles. The number of halogens is 1. The standard InChI is InChI=1S/C26H28FN3O5S/c1-19(26(32)28-2)29(17-20-10-7-8-15-24(20)27)25(31)18-30(21-11-9-12-22(16-21)35-3)36(33,34)23-13-5-4-6-14-23/h4-16,19H,17-18H2,1-3H3,(H,28,32)/t19-/m0/s1. The average Bonchev–Trinajstić information content (AvgIpc) is 2.90. The maximum absolute atomic E-state index is 14.4. The molecule has 0 aliphatic rings. The van der Waals surface area contributed by atoms with Gasteiger partial charge in [-0.1, -0.05) is 42.5 Å². The fourth-order valence-electron chi connectivity index (χ4n) is 3.62. The SMILES string of the molecule is CNC(=O)[C@H](C)N(Cc1ccccc1F)C(=O)CN(c1cccc(OC)c1)S(=O)(=O)c1ccccc1. The van der Waals surface area contributed by atoms with Crippen molar-refractivity contribution in [3.63, 3.8) is 0 Å². The molecule has 0 saturated heterocycles. The number of ether oxygens (including phenoxy) is 1. The van der Waals surface area contributed by atoms with Crippen LogP contribution in [0.3, 0.4) is 0 Å². The molecule has 0 saturated carbocycles. The van der Waals surface area contributed by atoms with Gasteiger partial charge < -0.3 is 15.0 Å². The molecule has 0 aromatic heterocycles. The van der Waals surface area contributed by atoms with Gasteiger partial charge in [-0.3, -0.25) is 13.9 Å². The number of rotatable bonds is 10. The van der Waals surface area contributed by atoms with E-state index in [4.69, 9.17) is 4.74 Å². The molecular formula is C26H28FN3O5S. The summed E-state index contributed by atoms with van der Waals surface area (Å²) < 4.78 is 47.9. The van der Waals surface area contributed by atoms with Gasteiger partial charge in [-0.15, -0.1) is 0 Å². The lowest BCUT2D eigenvalue weighted by Crippen LogP contribution is -2.50. The lowest BCUT2D eigenvalue weighted by Gasteiger charge is -2.32. The van der Waals surface area contributed by atoms with Crippen molar-refractivity contribution in [3.8, 4) is 5.75 Å². The number of nitrogens with zero attached hydrogens (tertiary/aromatic N) is 2. The number of carbonyl (C=O) groups excluding carboxylic acids is 2. The number of hydrogen-bond acceptors (Lipinski definition) is 5. The van der Waals surface area contributed by atoms with Crippen LogP contribution in [-0.2, 0) is 26.2 Å². The summed E-state index contributed by atoms with van der Waals surface area (Å²) in [7, 11) is -1.32. The number of methoxy groups -OCH3 is 1.